The fraction of sp³-hybridized carbons (Fsp3) is 0.375. The molecule has 118 valence electrons. The first-order chi connectivity index (χ1) is 10.5. The molecule has 0 saturated carbocycles. The number of amides is 2. The summed E-state index contributed by atoms with van der Waals surface area (Å²) in [5, 5.41) is 4.97. The van der Waals surface area contributed by atoms with Crippen LogP contribution in [0.3, 0.4) is 0 Å². The highest BCUT2D eigenvalue weighted by Gasteiger charge is 2.13. The van der Waals surface area contributed by atoms with Crippen molar-refractivity contribution < 1.29 is 4.79 Å². The maximum atomic E-state index is 12.1. The van der Waals surface area contributed by atoms with E-state index in [1.807, 2.05) is 12.3 Å². The predicted octanol–water partition coefficient (Wildman–Crippen LogP) is 3.77. The monoisotopic (exact) mass is 335 g/mol. The molecule has 6 heteroatoms. The summed E-state index contributed by atoms with van der Waals surface area (Å²) in [6, 6.07) is 8.48. The molecule has 0 aliphatic heterocycles. The Morgan fingerprint density at radius 1 is 1.41 bits per heavy atom. The number of carbonyl (C=O) groups is 1. The van der Waals surface area contributed by atoms with E-state index in [4.69, 9.17) is 0 Å². The van der Waals surface area contributed by atoms with Crippen molar-refractivity contribution in [3.8, 4) is 0 Å². The van der Waals surface area contributed by atoms with E-state index in [1.165, 1.54) is 10.5 Å². The molecule has 0 spiro atoms. The lowest BCUT2D eigenvalue weighted by Gasteiger charge is -2.20. The Labute approximate surface area is 139 Å². The third kappa shape index (κ3) is 5.35. The maximum absolute atomic E-state index is 12.1. The zero-order valence-electron chi connectivity index (χ0n) is 13.1. The second kappa shape index (κ2) is 8.19. The van der Waals surface area contributed by atoms with Crippen molar-refractivity contribution in [3.63, 3.8) is 0 Å². The van der Waals surface area contributed by atoms with E-state index < -0.39 is 0 Å². The Hall–Kier alpha value is -1.53. The predicted molar refractivity (Wildman–Crippen MR) is 93.5 cm³/mol. The van der Waals surface area contributed by atoms with E-state index in [-0.39, 0.29) is 12.1 Å². The molecule has 22 heavy (non-hydrogen) atoms. The van der Waals surface area contributed by atoms with Crippen LogP contribution < -0.4 is 5.32 Å². The van der Waals surface area contributed by atoms with Gasteiger partial charge in [-0.25, -0.2) is 9.78 Å². The molecule has 0 radical (unpaired) electrons. The number of aryl methyl sites for hydroxylation is 1. The van der Waals surface area contributed by atoms with Gasteiger partial charge in [-0.2, -0.15) is 0 Å². The zero-order chi connectivity index (χ0) is 15.9. The van der Waals surface area contributed by atoms with Crippen LogP contribution in [0.5, 0.6) is 0 Å². The average molecular weight is 335 g/mol. The Kier molecular flexibility index (Phi) is 6.27. The van der Waals surface area contributed by atoms with Gasteiger partial charge >= 0.3 is 6.03 Å². The summed E-state index contributed by atoms with van der Waals surface area (Å²) < 4.78 is 0. The Morgan fingerprint density at radius 2 is 2.14 bits per heavy atom. The lowest BCUT2D eigenvalue weighted by molar-refractivity contribution is 0.204. The van der Waals surface area contributed by atoms with E-state index in [9.17, 15) is 4.79 Å². The molecular weight excluding hydrogens is 314 g/mol. The second-order valence-electron chi connectivity index (χ2n) is 5.31. The molecular formula is C16H21N3OS2. The molecule has 0 aliphatic rings. The van der Waals surface area contributed by atoms with Crippen molar-refractivity contribution in [2.75, 3.05) is 12.8 Å². The molecule has 0 saturated heterocycles. The van der Waals surface area contributed by atoms with Crippen molar-refractivity contribution >= 4 is 29.1 Å². The number of hydrogen-bond donors (Lipinski definition) is 1. The molecule has 1 heterocycles. The number of nitrogens with zero attached hydrogens (tertiary/aromatic N) is 2. The summed E-state index contributed by atoms with van der Waals surface area (Å²) in [7, 11) is 1.79. The fourth-order valence-corrected chi connectivity index (χ4v) is 3.25. The number of aromatic nitrogens is 1. The van der Waals surface area contributed by atoms with Gasteiger partial charge in [-0.15, -0.1) is 23.1 Å². The molecule has 0 fully saturated rings. The average Bonchev–Trinajstić information content (AvgIpc) is 2.99. The van der Waals surface area contributed by atoms with Crippen LogP contribution >= 0.6 is 23.1 Å². The number of thiazole rings is 1. The molecule has 0 unspecified atom stereocenters. The molecule has 4 nitrogen and oxygen atoms in total. The zero-order valence-corrected chi connectivity index (χ0v) is 14.7. The van der Waals surface area contributed by atoms with Crippen LogP contribution in [0.15, 0.2) is 40.1 Å². The number of rotatable bonds is 6. The van der Waals surface area contributed by atoms with Crippen LogP contribution in [0.1, 0.15) is 18.2 Å². The quantitative estimate of drug-likeness (QED) is 0.817. The number of nitrogens with one attached hydrogen (secondary N) is 1. The van der Waals surface area contributed by atoms with Crippen LogP contribution in [0.2, 0.25) is 0 Å². The van der Waals surface area contributed by atoms with Gasteiger partial charge in [0.15, 0.2) is 0 Å². The molecule has 0 bridgehead atoms. The summed E-state index contributed by atoms with van der Waals surface area (Å²) in [6.07, 6.45) is 0. The van der Waals surface area contributed by atoms with E-state index in [0.717, 1.165) is 11.4 Å². The van der Waals surface area contributed by atoms with Crippen molar-refractivity contribution in [3.05, 3.63) is 46.4 Å². The Bertz CT molecular complexity index is 584. The number of benzene rings is 1. The van der Waals surface area contributed by atoms with Gasteiger partial charge in [-0.1, -0.05) is 17.7 Å². The third-order valence-electron chi connectivity index (χ3n) is 3.12. The molecule has 1 aromatic heterocycles. The van der Waals surface area contributed by atoms with E-state index >= 15 is 0 Å². The largest absolute Gasteiger partial charge is 0.335 e. The first-order valence-corrected chi connectivity index (χ1v) is 9.05. The summed E-state index contributed by atoms with van der Waals surface area (Å²) >= 11 is 3.29. The van der Waals surface area contributed by atoms with Crippen LogP contribution in [0.4, 0.5) is 4.79 Å². The molecule has 1 N–H and O–H groups in total. The Balaban J connectivity index is 1.74. The van der Waals surface area contributed by atoms with Crippen LogP contribution in [-0.2, 0) is 6.54 Å². The topological polar surface area (TPSA) is 45.2 Å². The minimum Gasteiger partial charge on any atom is -0.335 e. The summed E-state index contributed by atoms with van der Waals surface area (Å²) in [4.78, 5) is 19.2. The highest BCUT2D eigenvalue weighted by molar-refractivity contribution is 7.99. The standard InChI is InChI=1S/C16H21N3OS2/c1-12-4-6-15(7-5-12)22-9-13(2)18-16(20)19(3)8-14-10-21-11-17-14/h4-7,10-11,13H,8-9H2,1-3H3,(H,18,20)/t13-/m1/s1. The van der Waals surface area contributed by atoms with Crippen LogP contribution in [-0.4, -0.2) is 34.8 Å². The van der Waals surface area contributed by atoms with Gasteiger partial charge in [0.1, 0.15) is 0 Å². The molecule has 2 amide bonds. The van der Waals surface area contributed by atoms with Gasteiger partial charge in [0.25, 0.3) is 0 Å². The van der Waals surface area contributed by atoms with Gasteiger partial charge in [0.2, 0.25) is 0 Å². The first-order valence-electron chi connectivity index (χ1n) is 7.13. The molecule has 2 aromatic rings. The normalized spacial score (nSPS) is 12.0. The second-order valence-corrected chi connectivity index (χ2v) is 7.12. The van der Waals surface area contributed by atoms with Gasteiger partial charge in [0, 0.05) is 29.1 Å². The lowest BCUT2D eigenvalue weighted by Crippen LogP contribution is -2.42. The highest BCUT2D eigenvalue weighted by Crippen LogP contribution is 2.19. The minimum absolute atomic E-state index is 0.0648. The minimum atomic E-state index is -0.0648. The van der Waals surface area contributed by atoms with Crippen molar-refractivity contribution in [2.45, 2.75) is 31.3 Å². The number of hydrogen-bond acceptors (Lipinski definition) is 4. The van der Waals surface area contributed by atoms with Crippen molar-refractivity contribution in [2.24, 2.45) is 0 Å². The van der Waals surface area contributed by atoms with Gasteiger partial charge in [-0.3, -0.25) is 0 Å². The van der Waals surface area contributed by atoms with E-state index in [0.29, 0.717) is 6.54 Å². The molecule has 1 aromatic carbocycles. The smallest absolute Gasteiger partial charge is 0.317 e. The number of carbonyl (C=O) groups excluding carboxylic acids is 1. The van der Waals surface area contributed by atoms with Crippen LogP contribution in [0.25, 0.3) is 0 Å². The SMILES string of the molecule is Cc1ccc(SC[C@@H](C)NC(=O)N(C)Cc2cscn2)cc1. The van der Waals surface area contributed by atoms with Gasteiger partial charge in [-0.05, 0) is 26.0 Å². The molecule has 2 rings (SSSR count). The fourth-order valence-electron chi connectivity index (χ4n) is 1.85. The van der Waals surface area contributed by atoms with Gasteiger partial charge in [0.05, 0.1) is 17.7 Å². The molecule has 0 aliphatic carbocycles. The summed E-state index contributed by atoms with van der Waals surface area (Å²) in [5.74, 6) is 0.847. The summed E-state index contributed by atoms with van der Waals surface area (Å²) in [6.45, 7) is 4.64. The molecule has 1 atom stereocenters. The van der Waals surface area contributed by atoms with Gasteiger partial charge < -0.3 is 10.2 Å². The van der Waals surface area contributed by atoms with E-state index in [1.54, 1.807) is 40.6 Å². The van der Waals surface area contributed by atoms with Crippen LogP contribution in [0, 0.1) is 6.92 Å². The number of urea groups is 1. The maximum Gasteiger partial charge on any atom is 0.317 e. The van der Waals surface area contributed by atoms with Crippen molar-refractivity contribution in [1.82, 2.24) is 15.2 Å². The van der Waals surface area contributed by atoms with E-state index in [2.05, 4.69) is 41.5 Å². The van der Waals surface area contributed by atoms with Crippen molar-refractivity contribution in [1.29, 1.82) is 0 Å². The summed E-state index contributed by atoms with van der Waals surface area (Å²) in [5.41, 5.74) is 3.96. The Morgan fingerprint density at radius 3 is 2.77 bits per heavy atom. The first kappa shape index (κ1) is 16.8. The number of thioether (sulfide) groups is 1. The lowest BCUT2D eigenvalue weighted by atomic mass is 10.2. The highest BCUT2D eigenvalue weighted by atomic mass is 32.2. The third-order valence-corrected chi connectivity index (χ3v) is 5.03.